The summed E-state index contributed by atoms with van der Waals surface area (Å²) in [6.45, 7) is 1.27. The zero-order valence-electron chi connectivity index (χ0n) is 13.9. The second kappa shape index (κ2) is 7.45. The smallest absolute Gasteiger partial charge is 0.322 e. The van der Waals surface area contributed by atoms with Crippen molar-refractivity contribution in [3.05, 3.63) is 65.5 Å². The third kappa shape index (κ3) is 4.22. The summed E-state index contributed by atoms with van der Waals surface area (Å²) in [6, 6.07) is 11.1. The van der Waals surface area contributed by atoms with E-state index in [9.17, 15) is 22.4 Å². The Morgan fingerprint density at radius 3 is 2.58 bits per heavy atom. The fourth-order valence-electron chi connectivity index (χ4n) is 3.14. The van der Waals surface area contributed by atoms with E-state index in [1.807, 2.05) is 35.2 Å². The van der Waals surface area contributed by atoms with Crippen molar-refractivity contribution in [2.24, 2.45) is 0 Å². The molecule has 0 aromatic heterocycles. The van der Waals surface area contributed by atoms with E-state index in [0.29, 0.717) is 31.6 Å². The number of alkyl halides is 3. The molecule has 3 rings (SSSR count). The maximum atomic E-state index is 13.9. The average molecular weight is 366 g/mol. The quantitative estimate of drug-likeness (QED) is 0.811. The lowest BCUT2D eigenvalue weighted by atomic mass is 10.1. The highest BCUT2D eigenvalue weighted by Gasteiger charge is 2.33. The van der Waals surface area contributed by atoms with E-state index < -0.39 is 35.2 Å². The number of nitrogens with zero attached hydrogens (tertiary/aromatic N) is 1. The molecular weight excluding hydrogens is 348 g/mol. The monoisotopic (exact) mass is 366 g/mol. The van der Waals surface area contributed by atoms with E-state index >= 15 is 0 Å². The fraction of sp³-hybridized carbons (Fsp3) is 0.316. The van der Waals surface area contributed by atoms with Crippen molar-refractivity contribution in [3.63, 3.8) is 0 Å². The van der Waals surface area contributed by atoms with Gasteiger partial charge < -0.3 is 5.32 Å². The van der Waals surface area contributed by atoms with Gasteiger partial charge in [-0.3, -0.25) is 9.69 Å². The molecule has 7 heteroatoms. The molecule has 1 fully saturated rings. The molecule has 1 amide bonds. The maximum Gasteiger partial charge on any atom is 0.416 e. The standard InChI is InChI=1S/C19H18F4N2O/c20-15-9-8-14(19(21,22)23)11-16(15)24-18(26)17-7-4-10-25(17)12-13-5-2-1-3-6-13/h1-3,5-6,8-9,11,17H,4,7,10,12H2,(H,24,26). The van der Waals surface area contributed by atoms with Gasteiger partial charge in [0.05, 0.1) is 17.3 Å². The van der Waals surface area contributed by atoms with E-state index in [0.717, 1.165) is 18.1 Å². The van der Waals surface area contributed by atoms with Gasteiger partial charge in [0, 0.05) is 6.54 Å². The molecule has 2 aromatic carbocycles. The van der Waals surface area contributed by atoms with Crippen LogP contribution in [0.5, 0.6) is 0 Å². The van der Waals surface area contributed by atoms with Crippen LogP contribution in [0.3, 0.4) is 0 Å². The zero-order valence-corrected chi connectivity index (χ0v) is 13.9. The number of nitrogens with one attached hydrogen (secondary N) is 1. The van der Waals surface area contributed by atoms with Gasteiger partial charge in [0.1, 0.15) is 5.82 Å². The molecule has 2 aromatic rings. The van der Waals surface area contributed by atoms with Gasteiger partial charge in [-0.15, -0.1) is 0 Å². The number of likely N-dealkylation sites (tertiary alicyclic amines) is 1. The third-order valence-electron chi connectivity index (χ3n) is 4.45. The molecule has 0 aliphatic carbocycles. The highest BCUT2D eigenvalue weighted by atomic mass is 19.4. The summed E-state index contributed by atoms with van der Waals surface area (Å²) in [7, 11) is 0. The second-order valence-electron chi connectivity index (χ2n) is 6.30. The van der Waals surface area contributed by atoms with Crippen LogP contribution in [-0.4, -0.2) is 23.4 Å². The Hall–Kier alpha value is -2.41. The van der Waals surface area contributed by atoms with Crippen LogP contribution in [0, 0.1) is 5.82 Å². The van der Waals surface area contributed by atoms with Crippen molar-refractivity contribution < 1.29 is 22.4 Å². The Labute approximate surface area is 148 Å². The predicted octanol–water partition coefficient (Wildman–Crippen LogP) is 4.45. The molecular formula is C19H18F4N2O. The largest absolute Gasteiger partial charge is 0.416 e. The van der Waals surface area contributed by atoms with Gasteiger partial charge in [-0.1, -0.05) is 30.3 Å². The number of benzene rings is 2. The van der Waals surface area contributed by atoms with Crippen LogP contribution in [0.15, 0.2) is 48.5 Å². The fourth-order valence-corrected chi connectivity index (χ4v) is 3.14. The van der Waals surface area contributed by atoms with Crippen molar-refractivity contribution >= 4 is 11.6 Å². The van der Waals surface area contributed by atoms with Crippen LogP contribution in [0.1, 0.15) is 24.0 Å². The Morgan fingerprint density at radius 2 is 1.88 bits per heavy atom. The normalized spacial score (nSPS) is 18.1. The van der Waals surface area contributed by atoms with E-state index in [-0.39, 0.29) is 0 Å². The van der Waals surface area contributed by atoms with Gasteiger partial charge in [0.25, 0.3) is 0 Å². The molecule has 26 heavy (non-hydrogen) atoms. The first-order valence-electron chi connectivity index (χ1n) is 8.30. The topological polar surface area (TPSA) is 32.3 Å². The molecule has 0 saturated carbocycles. The molecule has 138 valence electrons. The summed E-state index contributed by atoms with van der Waals surface area (Å²) < 4.78 is 52.3. The predicted molar refractivity (Wildman–Crippen MR) is 89.9 cm³/mol. The SMILES string of the molecule is O=C(Nc1cc(C(F)(F)F)ccc1F)C1CCCN1Cc1ccccc1. The highest BCUT2D eigenvalue weighted by Crippen LogP contribution is 2.32. The first kappa shape index (κ1) is 18.4. The summed E-state index contributed by atoms with van der Waals surface area (Å²) >= 11 is 0. The molecule has 0 radical (unpaired) electrons. The number of hydrogen-bond acceptors (Lipinski definition) is 2. The summed E-state index contributed by atoms with van der Waals surface area (Å²) in [5.74, 6) is -1.38. The first-order valence-corrected chi connectivity index (χ1v) is 8.30. The number of anilines is 1. The molecule has 1 aliphatic rings. The minimum Gasteiger partial charge on any atom is -0.322 e. The minimum absolute atomic E-state index is 0.448. The summed E-state index contributed by atoms with van der Waals surface area (Å²) in [6.07, 6.45) is -3.21. The van der Waals surface area contributed by atoms with Crippen molar-refractivity contribution in [2.45, 2.75) is 31.6 Å². The van der Waals surface area contributed by atoms with Crippen LogP contribution in [0.4, 0.5) is 23.2 Å². The lowest BCUT2D eigenvalue weighted by Crippen LogP contribution is -2.39. The van der Waals surface area contributed by atoms with E-state index in [1.54, 1.807) is 0 Å². The number of rotatable bonds is 4. The molecule has 0 spiro atoms. The number of amides is 1. The van der Waals surface area contributed by atoms with Crippen molar-refractivity contribution in [1.82, 2.24) is 4.90 Å². The van der Waals surface area contributed by atoms with Crippen LogP contribution >= 0.6 is 0 Å². The van der Waals surface area contributed by atoms with Gasteiger partial charge in [-0.05, 0) is 43.1 Å². The van der Waals surface area contributed by atoms with Crippen LogP contribution in [-0.2, 0) is 17.5 Å². The third-order valence-corrected chi connectivity index (χ3v) is 4.45. The molecule has 1 heterocycles. The van der Waals surface area contributed by atoms with E-state index in [2.05, 4.69) is 5.32 Å². The van der Waals surface area contributed by atoms with Crippen molar-refractivity contribution in [3.8, 4) is 0 Å². The minimum atomic E-state index is -4.60. The van der Waals surface area contributed by atoms with E-state index in [1.165, 1.54) is 0 Å². The summed E-state index contributed by atoms with van der Waals surface area (Å²) in [4.78, 5) is 14.5. The molecule has 1 aliphatic heterocycles. The van der Waals surface area contributed by atoms with Gasteiger partial charge in [-0.25, -0.2) is 4.39 Å². The molecule has 1 unspecified atom stereocenters. The van der Waals surface area contributed by atoms with Crippen LogP contribution < -0.4 is 5.32 Å². The Kier molecular flexibility index (Phi) is 5.27. The van der Waals surface area contributed by atoms with Gasteiger partial charge in [0.15, 0.2) is 0 Å². The maximum absolute atomic E-state index is 13.9. The highest BCUT2D eigenvalue weighted by molar-refractivity contribution is 5.95. The number of hydrogen-bond donors (Lipinski definition) is 1. The lowest BCUT2D eigenvalue weighted by molar-refractivity contribution is -0.137. The molecule has 1 saturated heterocycles. The molecule has 3 nitrogen and oxygen atoms in total. The van der Waals surface area contributed by atoms with Gasteiger partial charge >= 0.3 is 6.18 Å². The number of halogens is 4. The van der Waals surface area contributed by atoms with Gasteiger partial charge in [-0.2, -0.15) is 13.2 Å². The Morgan fingerprint density at radius 1 is 1.15 bits per heavy atom. The lowest BCUT2D eigenvalue weighted by Gasteiger charge is -2.24. The zero-order chi connectivity index (χ0) is 18.7. The van der Waals surface area contributed by atoms with Crippen molar-refractivity contribution in [2.75, 3.05) is 11.9 Å². The molecule has 0 bridgehead atoms. The average Bonchev–Trinajstić information content (AvgIpc) is 3.05. The van der Waals surface area contributed by atoms with E-state index in [4.69, 9.17) is 0 Å². The first-order chi connectivity index (χ1) is 12.3. The van der Waals surface area contributed by atoms with Crippen LogP contribution in [0.25, 0.3) is 0 Å². The number of carbonyl (C=O) groups is 1. The Balaban J connectivity index is 1.73. The summed E-state index contributed by atoms with van der Waals surface area (Å²) in [5.41, 5.74) is -0.407. The summed E-state index contributed by atoms with van der Waals surface area (Å²) in [5, 5.41) is 2.32. The van der Waals surface area contributed by atoms with Crippen molar-refractivity contribution in [1.29, 1.82) is 0 Å². The second-order valence-corrected chi connectivity index (χ2v) is 6.30. The Bertz CT molecular complexity index is 777. The molecule has 1 atom stereocenters. The molecule has 1 N–H and O–H groups in total. The van der Waals surface area contributed by atoms with Crippen LogP contribution in [0.2, 0.25) is 0 Å². The number of carbonyl (C=O) groups excluding carboxylic acids is 1. The van der Waals surface area contributed by atoms with Gasteiger partial charge in [0.2, 0.25) is 5.91 Å².